The Labute approximate surface area is 208 Å². The van der Waals surface area contributed by atoms with Gasteiger partial charge in [0, 0.05) is 18.7 Å². The molecule has 1 atom stereocenters. The van der Waals surface area contributed by atoms with Crippen LogP contribution in [0.3, 0.4) is 0 Å². The van der Waals surface area contributed by atoms with Crippen LogP contribution >= 0.6 is 0 Å². The number of piperidine rings is 1. The van der Waals surface area contributed by atoms with E-state index in [4.69, 9.17) is 26.9 Å². The van der Waals surface area contributed by atoms with Crippen LogP contribution in [0, 0.1) is 0 Å². The summed E-state index contributed by atoms with van der Waals surface area (Å²) in [6.45, 7) is -0.604. The monoisotopic (exact) mass is 452 g/mol. The normalized spacial score (nSPS) is 21.0. The molecule has 0 unspecified atom stereocenters. The minimum atomic E-state index is -0.920. The Morgan fingerprint density at radius 2 is 2.00 bits per heavy atom. The lowest BCUT2D eigenvalue weighted by Gasteiger charge is -2.32. The van der Waals surface area contributed by atoms with Gasteiger partial charge < -0.3 is 15.4 Å². The second-order valence-corrected chi connectivity index (χ2v) is 7.18. The van der Waals surface area contributed by atoms with Crippen molar-refractivity contribution in [3.63, 3.8) is 0 Å². The standard InChI is InChI=1S/C25H24N6O2/c1-2-21(32)30-14-6-7-18(15-30)31-25-22(24(26)27-16-28-25)23(29-31)17-10-12-20(13-11-17)33-19-8-4-3-5-9-19/h2-5,8-13,16,18H,1,6-7,14-15H2,(H2,26,27,28)/t18-/m1/s1/i1D2,2D,3D,4D,5D,8D,9D,10D,11D,12D,13D. The number of nitrogens with zero attached hydrogens (tertiary/aromatic N) is 5. The van der Waals surface area contributed by atoms with E-state index in [1.807, 2.05) is 0 Å². The average molecular weight is 453 g/mol. The van der Waals surface area contributed by atoms with Gasteiger partial charge in [0.05, 0.1) is 27.9 Å². The molecule has 1 saturated heterocycles. The van der Waals surface area contributed by atoms with Crippen molar-refractivity contribution in [2.45, 2.75) is 18.9 Å². The molecule has 166 valence electrons. The molecule has 1 amide bonds. The molecule has 5 rings (SSSR count). The molecular formula is C25H24N6O2. The number of fused-ring (bicyclic) bond motifs is 1. The van der Waals surface area contributed by atoms with E-state index < -0.39 is 90.4 Å². The highest BCUT2D eigenvalue weighted by Gasteiger charge is 2.28. The summed E-state index contributed by atoms with van der Waals surface area (Å²) in [6, 6.07) is -7.54. The number of amides is 1. The van der Waals surface area contributed by atoms with Crippen LogP contribution in [0.25, 0.3) is 22.3 Å². The molecule has 3 heterocycles. The summed E-state index contributed by atoms with van der Waals surface area (Å²) in [7, 11) is 0. The van der Waals surface area contributed by atoms with E-state index in [-0.39, 0.29) is 41.2 Å². The average Bonchev–Trinajstić information content (AvgIpc) is 3.41. The maximum atomic E-state index is 12.7. The smallest absolute Gasteiger partial charge is 0.246 e. The van der Waals surface area contributed by atoms with Crippen molar-refractivity contribution < 1.29 is 26.0 Å². The first kappa shape index (κ1) is 11.1. The van der Waals surface area contributed by atoms with Gasteiger partial charge in [-0.2, -0.15) is 5.10 Å². The predicted octanol–water partition coefficient (Wildman–Crippen LogP) is 4.22. The summed E-state index contributed by atoms with van der Waals surface area (Å²) in [5.74, 6) is -2.22. The Kier molecular flexibility index (Phi) is 2.94. The van der Waals surface area contributed by atoms with E-state index in [0.29, 0.717) is 12.8 Å². The van der Waals surface area contributed by atoms with Crippen molar-refractivity contribution in [1.82, 2.24) is 24.6 Å². The van der Waals surface area contributed by atoms with Gasteiger partial charge in [0.1, 0.15) is 29.3 Å². The van der Waals surface area contributed by atoms with Crippen LogP contribution in [-0.2, 0) is 4.79 Å². The number of nitrogens with two attached hydrogens (primary N) is 1. The summed E-state index contributed by atoms with van der Waals surface area (Å²) in [5.41, 5.74) is 5.98. The van der Waals surface area contributed by atoms with Gasteiger partial charge in [0.15, 0.2) is 5.65 Å². The molecule has 0 aliphatic carbocycles. The molecule has 1 aliphatic heterocycles. The van der Waals surface area contributed by atoms with E-state index in [0.717, 1.165) is 0 Å². The summed E-state index contributed by atoms with van der Waals surface area (Å²) in [4.78, 5) is 22.3. The molecule has 0 saturated carbocycles. The highest BCUT2D eigenvalue weighted by atomic mass is 16.5. The number of rotatable bonds is 5. The first-order valence-electron chi connectivity index (χ1n) is 15.9. The lowest BCUT2D eigenvalue weighted by molar-refractivity contribution is -0.127. The molecule has 33 heavy (non-hydrogen) atoms. The molecule has 1 fully saturated rings. The van der Waals surface area contributed by atoms with E-state index in [1.165, 1.54) is 15.9 Å². The van der Waals surface area contributed by atoms with Crippen molar-refractivity contribution in [1.29, 1.82) is 0 Å². The fourth-order valence-electron chi connectivity index (χ4n) is 3.70. The number of ether oxygens (including phenoxy) is 1. The van der Waals surface area contributed by atoms with Gasteiger partial charge in [0.2, 0.25) is 5.91 Å². The molecule has 1 aliphatic rings. The molecule has 2 N–H and O–H groups in total. The van der Waals surface area contributed by atoms with Crippen LogP contribution in [0.2, 0.25) is 0 Å². The van der Waals surface area contributed by atoms with Gasteiger partial charge in [0.25, 0.3) is 0 Å². The second-order valence-electron chi connectivity index (χ2n) is 7.18. The highest BCUT2D eigenvalue weighted by molar-refractivity contribution is 5.98. The van der Waals surface area contributed by atoms with Crippen LogP contribution in [0.5, 0.6) is 11.5 Å². The van der Waals surface area contributed by atoms with Crippen molar-refractivity contribution in [2.24, 2.45) is 0 Å². The van der Waals surface area contributed by atoms with Crippen molar-refractivity contribution in [2.75, 3.05) is 18.8 Å². The second kappa shape index (κ2) is 8.74. The van der Waals surface area contributed by atoms with Gasteiger partial charge in [-0.15, -0.1) is 0 Å². The zero-order valence-corrected chi connectivity index (χ0v) is 17.1. The van der Waals surface area contributed by atoms with E-state index >= 15 is 0 Å². The molecule has 2 aromatic heterocycles. The van der Waals surface area contributed by atoms with Crippen molar-refractivity contribution in [3.8, 4) is 22.8 Å². The maximum absolute atomic E-state index is 12.7. The Morgan fingerprint density at radius 3 is 2.79 bits per heavy atom. The van der Waals surface area contributed by atoms with Crippen molar-refractivity contribution >= 4 is 22.8 Å². The summed E-state index contributed by atoms with van der Waals surface area (Å²) >= 11 is 0. The van der Waals surface area contributed by atoms with Gasteiger partial charge in [-0.25, -0.2) is 14.6 Å². The third-order valence-corrected chi connectivity index (χ3v) is 5.17. The minimum absolute atomic E-state index is 0.0360. The van der Waals surface area contributed by atoms with Crippen LogP contribution < -0.4 is 10.5 Å². The summed E-state index contributed by atoms with van der Waals surface area (Å²) in [5, 5.41) is 4.69. The van der Waals surface area contributed by atoms with Crippen LogP contribution in [-0.4, -0.2) is 43.6 Å². The van der Waals surface area contributed by atoms with Gasteiger partial charge >= 0.3 is 0 Å². The Morgan fingerprint density at radius 1 is 1.21 bits per heavy atom. The molecule has 0 bridgehead atoms. The number of para-hydroxylation sites is 1. The number of likely N-dealkylation sites (tertiary alicyclic amines) is 1. The first-order valence-corrected chi connectivity index (χ1v) is 9.94. The van der Waals surface area contributed by atoms with E-state index in [9.17, 15) is 4.79 Å². The Hall–Kier alpha value is -4.20. The highest BCUT2D eigenvalue weighted by Crippen LogP contribution is 2.34. The zero-order valence-electron chi connectivity index (χ0n) is 29.1. The van der Waals surface area contributed by atoms with Gasteiger partial charge in [-0.1, -0.05) is 24.7 Å². The molecule has 2 aromatic carbocycles. The largest absolute Gasteiger partial charge is 0.457 e. The molecule has 4 aromatic rings. The SMILES string of the molecule is [2H]C([2H])=C([2H])C(=O)N1CCC[C@@H](n2nc(-c3c([2H])c([2H])c(Oc4c([2H])c([2H])c([2H])c([2H])c4[2H])c([2H])c3[2H])c3c(N)ncnc32)C1. The number of hydrogen-bond donors (Lipinski definition) is 1. The lowest BCUT2D eigenvalue weighted by atomic mass is 10.1. The fourth-order valence-corrected chi connectivity index (χ4v) is 3.70. The quantitative estimate of drug-likeness (QED) is 0.455. The van der Waals surface area contributed by atoms with Gasteiger partial charge in [-0.3, -0.25) is 4.79 Å². The van der Waals surface area contributed by atoms with Crippen LogP contribution in [0.1, 0.15) is 35.3 Å². The van der Waals surface area contributed by atoms with E-state index in [1.54, 1.807) is 0 Å². The van der Waals surface area contributed by atoms with Crippen LogP contribution in [0.4, 0.5) is 5.82 Å². The third kappa shape index (κ3) is 4.03. The van der Waals surface area contributed by atoms with E-state index in [2.05, 4.69) is 15.1 Å². The molecular weight excluding hydrogens is 416 g/mol. The molecule has 0 radical (unpaired) electrons. The molecule has 8 nitrogen and oxygen atoms in total. The predicted molar refractivity (Wildman–Crippen MR) is 127 cm³/mol. The zero-order chi connectivity index (χ0) is 33.1. The summed E-state index contributed by atoms with van der Waals surface area (Å²) in [6.07, 6.45) is 2.15. The molecule has 0 spiro atoms. The lowest BCUT2D eigenvalue weighted by Crippen LogP contribution is -2.40. The number of hydrogen-bond acceptors (Lipinski definition) is 6. The number of carbonyl (C=O) groups excluding carboxylic acids is 1. The Balaban J connectivity index is 1.64. The first-order chi connectivity index (χ1) is 21.2. The number of benzene rings is 2. The minimum Gasteiger partial charge on any atom is -0.457 e. The number of carbonyl (C=O) groups is 1. The maximum Gasteiger partial charge on any atom is 0.246 e. The Bertz CT molecular complexity index is 1870. The van der Waals surface area contributed by atoms with Crippen molar-refractivity contribution in [3.05, 3.63) is 73.3 Å². The number of anilines is 1. The number of nitrogen functional groups attached to an aromatic ring is 1. The number of aromatic nitrogens is 4. The van der Waals surface area contributed by atoms with Gasteiger partial charge in [-0.05, 0) is 55.1 Å². The van der Waals surface area contributed by atoms with Crippen LogP contribution in [0.15, 0.2) is 73.3 Å². The molecule has 8 heteroatoms. The topological polar surface area (TPSA) is 99.2 Å². The fraction of sp³-hybridized carbons (Fsp3) is 0.200. The summed E-state index contributed by atoms with van der Waals surface area (Å²) < 4.78 is 104. The third-order valence-electron chi connectivity index (χ3n) is 5.17.